The van der Waals surface area contributed by atoms with E-state index in [1.54, 1.807) is 6.07 Å². The van der Waals surface area contributed by atoms with Gasteiger partial charge in [-0.15, -0.1) is 0 Å². The van der Waals surface area contributed by atoms with E-state index in [4.69, 9.17) is 23.2 Å². The predicted octanol–water partition coefficient (Wildman–Crippen LogP) is 2.55. The molecule has 5 nitrogen and oxygen atoms in total. The molecule has 8 heteroatoms. The Morgan fingerprint density at radius 3 is 2.78 bits per heavy atom. The molecule has 0 aliphatic carbocycles. The number of aromatic nitrogens is 2. The highest BCUT2D eigenvalue weighted by Gasteiger charge is 2.15. The maximum absolute atomic E-state index is 11.7. The van der Waals surface area contributed by atoms with Crippen molar-refractivity contribution in [1.82, 2.24) is 14.1 Å². The number of nitrogens with zero attached hydrogens (tertiary/aromatic N) is 2. The van der Waals surface area contributed by atoms with Crippen molar-refractivity contribution in [2.45, 2.75) is 6.92 Å². The number of hydrogen-bond donors (Lipinski definition) is 2. The molecule has 0 bridgehead atoms. The van der Waals surface area contributed by atoms with Gasteiger partial charge in [-0.25, -0.2) is 0 Å². The van der Waals surface area contributed by atoms with E-state index in [-0.39, 0.29) is 12.5 Å². The van der Waals surface area contributed by atoms with Crippen molar-refractivity contribution in [3.63, 3.8) is 0 Å². The molecule has 1 aromatic heterocycles. The van der Waals surface area contributed by atoms with Gasteiger partial charge in [-0.3, -0.25) is 4.79 Å². The summed E-state index contributed by atoms with van der Waals surface area (Å²) in [7, 11) is 0. The van der Waals surface area contributed by atoms with E-state index in [1.165, 1.54) is 0 Å². The van der Waals surface area contributed by atoms with Gasteiger partial charge < -0.3 is 10.6 Å². The number of halogens is 2. The van der Waals surface area contributed by atoms with E-state index in [2.05, 4.69) is 19.4 Å². The number of nitrogens with one attached hydrogen (secondary N) is 2. The molecular formula is C10H10Cl2N4OS. The van der Waals surface area contributed by atoms with Crippen LogP contribution < -0.4 is 10.6 Å². The molecule has 0 unspecified atom stereocenters. The number of carbonyl (C=O) groups excluding carboxylic acids is 1. The number of likely N-dealkylation sites (N-methyl/N-ethyl adjacent to an activating group) is 1. The minimum Gasteiger partial charge on any atom is -0.322 e. The van der Waals surface area contributed by atoms with Gasteiger partial charge in [0.15, 0.2) is 0 Å². The van der Waals surface area contributed by atoms with Crippen molar-refractivity contribution in [2.24, 2.45) is 0 Å². The first-order valence-electron chi connectivity index (χ1n) is 5.24. The first-order chi connectivity index (χ1) is 8.63. The Hall–Kier alpha value is -0.950. The average molecular weight is 305 g/mol. The van der Waals surface area contributed by atoms with Crippen LogP contribution in [0.5, 0.6) is 0 Å². The molecule has 0 atom stereocenters. The largest absolute Gasteiger partial charge is 0.322 e. The van der Waals surface area contributed by atoms with Crippen molar-refractivity contribution < 1.29 is 4.79 Å². The van der Waals surface area contributed by atoms with Gasteiger partial charge in [0.25, 0.3) is 0 Å². The van der Waals surface area contributed by atoms with Crippen LogP contribution in [-0.2, 0) is 4.79 Å². The first-order valence-corrected chi connectivity index (χ1v) is 6.73. The molecule has 0 aliphatic heterocycles. The zero-order valence-corrected chi connectivity index (χ0v) is 11.8. The Bertz CT molecular complexity index is 587. The Labute approximate surface area is 118 Å². The van der Waals surface area contributed by atoms with Gasteiger partial charge in [0, 0.05) is 0 Å². The summed E-state index contributed by atoms with van der Waals surface area (Å²) in [5.41, 5.74) is 1.51. The van der Waals surface area contributed by atoms with Crippen LogP contribution in [0.1, 0.15) is 6.92 Å². The standard InChI is InChI=1S/C10H10Cl2N4OS/c1-2-13-4-7(17)14-8-5(11)3-6(12)9-10(8)16-18-15-9/h3,13H,2,4H2,1H3,(H,14,17). The van der Waals surface area contributed by atoms with E-state index in [1.807, 2.05) is 6.92 Å². The Balaban J connectivity index is 2.32. The van der Waals surface area contributed by atoms with Gasteiger partial charge in [0.05, 0.1) is 34.0 Å². The smallest absolute Gasteiger partial charge is 0.238 e. The molecular weight excluding hydrogens is 295 g/mol. The third kappa shape index (κ3) is 2.72. The summed E-state index contributed by atoms with van der Waals surface area (Å²) in [5.74, 6) is -0.185. The zero-order valence-electron chi connectivity index (χ0n) is 9.46. The fraction of sp³-hybridized carbons (Fsp3) is 0.300. The lowest BCUT2D eigenvalue weighted by molar-refractivity contribution is -0.115. The number of rotatable bonds is 4. The Morgan fingerprint density at radius 2 is 2.06 bits per heavy atom. The van der Waals surface area contributed by atoms with Crippen molar-refractivity contribution in [3.8, 4) is 0 Å². The summed E-state index contributed by atoms with van der Waals surface area (Å²) in [6.45, 7) is 2.86. The maximum atomic E-state index is 11.7. The minimum atomic E-state index is -0.185. The van der Waals surface area contributed by atoms with Crippen molar-refractivity contribution in [3.05, 3.63) is 16.1 Å². The lowest BCUT2D eigenvalue weighted by atomic mass is 10.2. The van der Waals surface area contributed by atoms with Crippen LogP contribution in [0.3, 0.4) is 0 Å². The van der Waals surface area contributed by atoms with Gasteiger partial charge >= 0.3 is 0 Å². The van der Waals surface area contributed by atoms with Crippen molar-refractivity contribution in [2.75, 3.05) is 18.4 Å². The van der Waals surface area contributed by atoms with E-state index >= 15 is 0 Å². The highest BCUT2D eigenvalue weighted by molar-refractivity contribution is 7.00. The van der Waals surface area contributed by atoms with Crippen LogP contribution in [0.25, 0.3) is 11.0 Å². The highest BCUT2D eigenvalue weighted by Crippen LogP contribution is 2.35. The van der Waals surface area contributed by atoms with Gasteiger partial charge in [0.2, 0.25) is 5.91 Å². The van der Waals surface area contributed by atoms with Crippen LogP contribution in [0.15, 0.2) is 6.07 Å². The summed E-state index contributed by atoms with van der Waals surface area (Å²) in [6, 6.07) is 1.55. The second kappa shape index (κ2) is 5.79. The molecule has 2 rings (SSSR count). The Kier molecular flexibility index (Phi) is 4.34. The van der Waals surface area contributed by atoms with E-state index in [9.17, 15) is 4.79 Å². The van der Waals surface area contributed by atoms with Gasteiger partial charge in [0.1, 0.15) is 11.0 Å². The van der Waals surface area contributed by atoms with Crippen LogP contribution in [-0.4, -0.2) is 27.7 Å². The summed E-state index contributed by atoms with van der Waals surface area (Å²) in [6.07, 6.45) is 0. The monoisotopic (exact) mass is 304 g/mol. The van der Waals surface area contributed by atoms with Crippen molar-refractivity contribution in [1.29, 1.82) is 0 Å². The number of fused-ring (bicyclic) bond motifs is 1. The fourth-order valence-electron chi connectivity index (χ4n) is 1.42. The molecule has 0 spiro atoms. The molecule has 2 aromatic rings. The second-order valence-electron chi connectivity index (χ2n) is 3.51. The Morgan fingerprint density at radius 1 is 1.33 bits per heavy atom. The predicted molar refractivity (Wildman–Crippen MR) is 74.6 cm³/mol. The third-order valence-corrected chi connectivity index (χ3v) is 3.36. The van der Waals surface area contributed by atoms with Crippen LogP contribution in [0.4, 0.5) is 5.69 Å². The molecule has 1 amide bonds. The summed E-state index contributed by atoms with van der Waals surface area (Å²) < 4.78 is 8.16. The molecule has 0 fully saturated rings. The summed E-state index contributed by atoms with van der Waals surface area (Å²) >= 11 is 13.1. The summed E-state index contributed by atoms with van der Waals surface area (Å²) in [5, 5.41) is 6.42. The van der Waals surface area contributed by atoms with Gasteiger partial charge in [-0.2, -0.15) is 8.75 Å². The molecule has 96 valence electrons. The van der Waals surface area contributed by atoms with Crippen LogP contribution in [0, 0.1) is 0 Å². The van der Waals surface area contributed by atoms with Gasteiger partial charge in [-0.05, 0) is 12.6 Å². The lowest BCUT2D eigenvalue weighted by Gasteiger charge is -2.08. The van der Waals surface area contributed by atoms with E-state index < -0.39 is 0 Å². The molecule has 18 heavy (non-hydrogen) atoms. The molecule has 1 aromatic carbocycles. The fourth-order valence-corrected chi connectivity index (χ4v) is 2.57. The molecule has 0 aliphatic rings. The average Bonchev–Trinajstić information content (AvgIpc) is 2.81. The molecule has 1 heterocycles. The second-order valence-corrected chi connectivity index (χ2v) is 4.85. The minimum absolute atomic E-state index is 0.185. The number of anilines is 1. The van der Waals surface area contributed by atoms with Crippen LogP contribution >= 0.6 is 34.9 Å². The first kappa shape index (κ1) is 13.5. The van der Waals surface area contributed by atoms with Gasteiger partial charge in [-0.1, -0.05) is 30.1 Å². The topological polar surface area (TPSA) is 66.9 Å². The molecule has 0 saturated heterocycles. The number of benzene rings is 1. The SMILES string of the molecule is CCNCC(=O)Nc1c(Cl)cc(Cl)c2nsnc12. The zero-order chi connectivity index (χ0) is 13.1. The van der Waals surface area contributed by atoms with Crippen molar-refractivity contribution >= 4 is 57.6 Å². The number of amides is 1. The quantitative estimate of drug-likeness (QED) is 0.911. The molecule has 2 N–H and O–H groups in total. The molecule has 0 saturated carbocycles. The maximum Gasteiger partial charge on any atom is 0.238 e. The number of carbonyl (C=O) groups is 1. The third-order valence-electron chi connectivity index (χ3n) is 2.24. The molecule has 0 radical (unpaired) electrons. The highest BCUT2D eigenvalue weighted by atomic mass is 35.5. The van der Waals surface area contributed by atoms with E-state index in [0.717, 1.165) is 18.3 Å². The normalized spacial score (nSPS) is 10.8. The number of hydrogen-bond acceptors (Lipinski definition) is 5. The van der Waals surface area contributed by atoms with E-state index in [0.29, 0.717) is 26.8 Å². The van der Waals surface area contributed by atoms with Crippen LogP contribution in [0.2, 0.25) is 10.0 Å². The summed E-state index contributed by atoms with van der Waals surface area (Å²) in [4.78, 5) is 11.7. The lowest BCUT2D eigenvalue weighted by Crippen LogP contribution is -2.27.